The van der Waals surface area contributed by atoms with Gasteiger partial charge in [-0.3, -0.25) is 10.1 Å². The van der Waals surface area contributed by atoms with Crippen LogP contribution in [0.2, 0.25) is 0 Å². The molecule has 0 saturated carbocycles. The molecule has 1 aromatic rings. The Morgan fingerprint density at radius 3 is 2.80 bits per heavy atom. The van der Waals surface area contributed by atoms with Crippen LogP contribution in [0.15, 0.2) is 18.2 Å². The van der Waals surface area contributed by atoms with Gasteiger partial charge in [-0.05, 0) is 12.5 Å². The number of benzene rings is 1. The summed E-state index contributed by atoms with van der Waals surface area (Å²) in [4.78, 5) is 10.1. The molecule has 0 atom stereocenters. The number of nitro benzene ring substituents is 1. The summed E-state index contributed by atoms with van der Waals surface area (Å²) in [6.07, 6.45) is 0.903. The summed E-state index contributed by atoms with van der Waals surface area (Å²) in [5.41, 5.74) is 0.695. The predicted octanol–water partition coefficient (Wildman–Crippen LogP) is 2.43. The van der Waals surface area contributed by atoms with E-state index in [0.717, 1.165) is 6.42 Å². The monoisotopic (exact) mass is 210 g/mol. The zero-order chi connectivity index (χ0) is 11.3. The van der Waals surface area contributed by atoms with E-state index in [0.29, 0.717) is 18.0 Å². The van der Waals surface area contributed by atoms with Gasteiger partial charge in [-0.25, -0.2) is 0 Å². The molecule has 1 aromatic carbocycles. The second-order valence-corrected chi connectivity index (χ2v) is 3.04. The molecule has 5 heteroatoms. The Bertz CT molecular complexity index is 353. The summed E-state index contributed by atoms with van der Waals surface area (Å²) in [5, 5.41) is 13.4. The van der Waals surface area contributed by atoms with Gasteiger partial charge >= 0.3 is 0 Å². The molecule has 0 amide bonds. The van der Waals surface area contributed by atoms with Gasteiger partial charge in [-0.1, -0.05) is 6.92 Å². The van der Waals surface area contributed by atoms with Crippen LogP contribution in [0.25, 0.3) is 0 Å². The number of nitrogens with one attached hydrogen (secondary N) is 1. The van der Waals surface area contributed by atoms with Gasteiger partial charge in [0.25, 0.3) is 5.69 Å². The fourth-order valence-corrected chi connectivity index (χ4v) is 1.16. The van der Waals surface area contributed by atoms with Crippen LogP contribution in [0.1, 0.15) is 13.3 Å². The van der Waals surface area contributed by atoms with Crippen LogP contribution < -0.4 is 10.1 Å². The van der Waals surface area contributed by atoms with Crippen molar-refractivity contribution in [2.24, 2.45) is 0 Å². The molecule has 0 aromatic heterocycles. The van der Waals surface area contributed by atoms with Crippen LogP contribution in [0, 0.1) is 10.1 Å². The van der Waals surface area contributed by atoms with Crippen molar-refractivity contribution in [2.45, 2.75) is 13.3 Å². The van der Waals surface area contributed by atoms with Gasteiger partial charge < -0.3 is 10.1 Å². The van der Waals surface area contributed by atoms with Crippen molar-refractivity contribution in [3.05, 3.63) is 28.3 Å². The lowest BCUT2D eigenvalue weighted by Crippen LogP contribution is -2.00. The maximum Gasteiger partial charge on any atom is 0.271 e. The largest absolute Gasteiger partial charge is 0.491 e. The first-order chi connectivity index (χ1) is 7.19. The molecule has 0 aliphatic rings. The van der Waals surface area contributed by atoms with Crippen molar-refractivity contribution >= 4 is 11.4 Å². The van der Waals surface area contributed by atoms with Gasteiger partial charge in [0.1, 0.15) is 5.75 Å². The zero-order valence-electron chi connectivity index (χ0n) is 8.82. The molecule has 15 heavy (non-hydrogen) atoms. The zero-order valence-corrected chi connectivity index (χ0v) is 8.82. The quantitative estimate of drug-likeness (QED) is 0.598. The summed E-state index contributed by atoms with van der Waals surface area (Å²) < 4.78 is 5.43. The molecular formula is C10H14N2O3. The fourth-order valence-electron chi connectivity index (χ4n) is 1.16. The maximum absolute atomic E-state index is 10.5. The number of rotatable bonds is 5. The van der Waals surface area contributed by atoms with E-state index in [4.69, 9.17) is 4.74 Å². The Labute approximate surface area is 88.2 Å². The number of anilines is 1. The van der Waals surface area contributed by atoms with Crippen LogP contribution in [0.3, 0.4) is 0 Å². The fraction of sp³-hybridized carbons (Fsp3) is 0.400. The number of nitro groups is 1. The topological polar surface area (TPSA) is 64.4 Å². The van der Waals surface area contributed by atoms with E-state index in [2.05, 4.69) is 5.32 Å². The lowest BCUT2D eigenvalue weighted by atomic mass is 10.2. The third-order valence-electron chi connectivity index (χ3n) is 1.90. The second kappa shape index (κ2) is 5.19. The van der Waals surface area contributed by atoms with Gasteiger partial charge in [0, 0.05) is 19.2 Å². The molecule has 82 valence electrons. The second-order valence-electron chi connectivity index (χ2n) is 3.04. The molecule has 0 saturated heterocycles. The summed E-state index contributed by atoms with van der Waals surface area (Å²) >= 11 is 0. The minimum absolute atomic E-state index is 0.0585. The highest BCUT2D eigenvalue weighted by atomic mass is 16.6. The highest BCUT2D eigenvalue weighted by Gasteiger charge is 2.10. The van der Waals surface area contributed by atoms with Crippen molar-refractivity contribution in [3.63, 3.8) is 0 Å². The summed E-state index contributed by atoms with van der Waals surface area (Å²) in [7, 11) is 1.71. The van der Waals surface area contributed by atoms with Gasteiger partial charge in [0.15, 0.2) is 0 Å². The third-order valence-corrected chi connectivity index (χ3v) is 1.90. The van der Waals surface area contributed by atoms with Crippen LogP contribution in [-0.4, -0.2) is 18.6 Å². The SMILES string of the molecule is CCCOc1ccc([N+](=O)[O-])cc1NC. The van der Waals surface area contributed by atoms with Gasteiger partial charge in [0.2, 0.25) is 0 Å². The molecule has 0 aliphatic heterocycles. The Kier molecular flexibility index (Phi) is 3.91. The van der Waals surface area contributed by atoms with E-state index in [1.165, 1.54) is 12.1 Å². The number of nitrogens with zero attached hydrogens (tertiary/aromatic N) is 1. The van der Waals surface area contributed by atoms with Crippen LogP contribution in [-0.2, 0) is 0 Å². The first-order valence-electron chi connectivity index (χ1n) is 4.78. The van der Waals surface area contributed by atoms with Crippen molar-refractivity contribution in [1.82, 2.24) is 0 Å². The molecule has 0 heterocycles. The summed E-state index contributed by atoms with van der Waals surface area (Å²) in [5.74, 6) is 0.643. The van der Waals surface area contributed by atoms with E-state index >= 15 is 0 Å². The Morgan fingerprint density at radius 1 is 1.53 bits per heavy atom. The molecule has 0 spiro atoms. The average Bonchev–Trinajstić information content (AvgIpc) is 2.25. The lowest BCUT2D eigenvalue weighted by Gasteiger charge is -2.09. The van der Waals surface area contributed by atoms with E-state index in [-0.39, 0.29) is 5.69 Å². The molecule has 1 rings (SSSR count). The lowest BCUT2D eigenvalue weighted by molar-refractivity contribution is -0.384. The van der Waals surface area contributed by atoms with E-state index in [1.807, 2.05) is 6.92 Å². The third kappa shape index (κ3) is 2.83. The standard InChI is InChI=1S/C10H14N2O3/c1-3-6-15-10-5-4-8(12(13)14)7-9(10)11-2/h4-5,7,11H,3,6H2,1-2H3. The highest BCUT2D eigenvalue weighted by molar-refractivity contribution is 5.61. The van der Waals surface area contributed by atoms with E-state index in [1.54, 1.807) is 13.1 Å². The molecule has 0 radical (unpaired) electrons. The van der Waals surface area contributed by atoms with Crippen LogP contribution in [0.4, 0.5) is 11.4 Å². The molecule has 0 unspecified atom stereocenters. The highest BCUT2D eigenvalue weighted by Crippen LogP contribution is 2.28. The number of hydrogen-bond donors (Lipinski definition) is 1. The summed E-state index contributed by atoms with van der Waals surface area (Å²) in [6.45, 7) is 2.61. The van der Waals surface area contributed by atoms with Crippen molar-refractivity contribution in [3.8, 4) is 5.75 Å². The van der Waals surface area contributed by atoms with Gasteiger partial charge in [-0.15, -0.1) is 0 Å². The van der Waals surface area contributed by atoms with E-state index in [9.17, 15) is 10.1 Å². The molecule has 0 fully saturated rings. The Hall–Kier alpha value is -1.78. The first-order valence-corrected chi connectivity index (χ1v) is 4.78. The molecule has 1 N–H and O–H groups in total. The van der Waals surface area contributed by atoms with Crippen LogP contribution in [0.5, 0.6) is 5.75 Å². The Morgan fingerprint density at radius 2 is 2.27 bits per heavy atom. The minimum atomic E-state index is -0.426. The normalized spacial score (nSPS) is 9.73. The molecule has 5 nitrogen and oxygen atoms in total. The first kappa shape index (κ1) is 11.3. The van der Waals surface area contributed by atoms with E-state index < -0.39 is 4.92 Å². The van der Waals surface area contributed by atoms with Gasteiger partial charge in [-0.2, -0.15) is 0 Å². The van der Waals surface area contributed by atoms with Crippen LogP contribution >= 0.6 is 0 Å². The van der Waals surface area contributed by atoms with Gasteiger partial charge in [0.05, 0.1) is 17.2 Å². The number of hydrogen-bond acceptors (Lipinski definition) is 4. The predicted molar refractivity (Wildman–Crippen MR) is 58.4 cm³/mol. The Balaban J connectivity index is 2.93. The minimum Gasteiger partial charge on any atom is -0.491 e. The summed E-state index contributed by atoms with van der Waals surface area (Å²) in [6, 6.07) is 4.51. The maximum atomic E-state index is 10.5. The van der Waals surface area contributed by atoms with Crippen molar-refractivity contribution < 1.29 is 9.66 Å². The van der Waals surface area contributed by atoms with Crippen molar-refractivity contribution in [1.29, 1.82) is 0 Å². The molecular weight excluding hydrogens is 196 g/mol. The smallest absolute Gasteiger partial charge is 0.271 e. The molecule has 0 bridgehead atoms. The van der Waals surface area contributed by atoms with Crippen molar-refractivity contribution in [2.75, 3.05) is 19.0 Å². The number of non-ortho nitro benzene ring substituents is 1. The molecule has 0 aliphatic carbocycles. The number of ether oxygens (including phenoxy) is 1. The average molecular weight is 210 g/mol.